The Morgan fingerprint density at radius 2 is 1.54 bits per heavy atom. The highest BCUT2D eigenvalue weighted by Crippen LogP contribution is 2.32. The average molecular weight is 348 g/mol. The zero-order chi connectivity index (χ0) is 18.6. The first kappa shape index (κ1) is 17.6. The van der Waals surface area contributed by atoms with E-state index in [9.17, 15) is 19.8 Å². The summed E-state index contributed by atoms with van der Waals surface area (Å²) in [6, 6.07) is 16.9. The van der Waals surface area contributed by atoms with Crippen LogP contribution >= 0.6 is 0 Å². The Morgan fingerprint density at radius 3 is 2.04 bits per heavy atom. The molecule has 0 aliphatic heterocycles. The fourth-order valence-corrected chi connectivity index (χ4v) is 2.67. The molecule has 26 heavy (non-hydrogen) atoms. The quantitative estimate of drug-likeness (QED) is 0.653. The van der Waals surface area contributed by atoms with Crippen molar-refractivity contribution in [2.45, 2.75) is 11.7 Å². The highest BCUT2D eigenvalue weighted by Gasteiger charge is 2.42. The molecule has 0 saturated heterocycles. The lowest BCUT2D eigenvalue weighted by Crippen LogP contribution is -2.38. The van der Waals surface area contributed by atoms with Crippen molar-refractivity contribution >= 4 is 11.9 Å². The number of hydrogen-bond donors (Lipinski definition) is 2. The van der Waals surface area contributed by atoms with Crippen molar-refractivity contribution < 1.29 is 24.5 Å². The summed E-state index contributed by atoms with van der Waals surface area (Å²) in [5.41, 5.74) is -1.39. The van der Waals surface area contributed by atoms with Crippen molar-refractivity contribution in [2.75, 3.05) is 0 Å². The molecule has 2 aromatic rings. The highest BCUT2D eigenvalue weighted by molar-refractivity contribution is 5.86. The van der Waals surface area contributed by atoms with Crippen LogP contribution in [0.3, 0.4) is 0 Å². The van der Waals surface area contributed by atoms with E-state index in [2.05, 4.69) is 0 Å². The van der Waals surface area contributed by atoms with Crippen molar-refractivity contribution in [1.82, 2.24) is 0 Å². The molecule has 0 amide bonds. The molecule has 1 unspecified atom stereocenters. The van der Waals surface area contributed by atoms with Crippen molar-refractivity contribution in [3.8, 4) is 0 Å². The molecule has 0 radical (unpaired) electrons. The first-order valence-corrected chi connectivity index (χ1v) is 7.94. The zero-order valence-corrected chi connectivity index (χ0v) is 13.7. The molecule has 1 atom stereocenters. The molecule has 3 rings (SSSR count). The third-order valence-corrected chi connectivity index (χ3v) is 4.07. The number of aliphatic hydroxyl groups is 2. The lowest BCUT2D eigenvalue weighted by Gasteiger charge is -2.27. The van der Waals surface area contributed by atoms with Gasteiger partial charge in [-0.2, -0.15) is 0 Å². The molecule has 1 aliphatic rings. The average Bonchev–Trinajstić information content (AvgIpc) is 2.70. The van der Waals surface area contributed by atoms with Gasteiger partial charge >= 0.3 is 5.97 Å². The topological polar surface area (TPSA) is 83.8 Å². The molecular formula is C21H16O5. The molecule has 2 N–H and O–H groups in total. The van der Waals surface area contributed by atoms with E-state index < -0.39 is 17.7 Å². The van der Waals surface area contributed by atoms with Crippen LogP contribution < -0.4 is 0 Å². The molecule has 0 bridgehead atoms. The van der Waals surface area contributed by atoms with Gasteiger partial charge in [-0.25, -0.2) is 9.59 Å². The molecule has 5 heteroatoms. The Balaban J connectivity index is 2.00. The van der Waals surface area contributed by atoms with E-state index in [0.29, 0.717) is 11.1 Å². The minimum Gasteiger partial charge on any atom is -0.424 e. The number of allylic oxidation sites excluding steroid dienone is 1. The van der Waals surface area contributed by atoms with Gasteiger partial charge in [0, 0.05) is 0 Å². The summed E-state index contributed by atoms with van der Waals surface area (Å²) in [4.78, 5) is 23.7. The van der Waals surface area contributed by atoms with E-state index in [0.717, 1.165) is 0 Å². The Labute approximate surface area is 150 Å². The van der Waals surface area contributed by atoms with Crippen LogP contribution in [0.1, 0.15) is 11.1 Å². The Hall–Kier alpha value is -3.24. The van der Waals surface area contributed by atoms with Gasteiger partial charge in [0.05, 0.1) is 5.57 Å². The second-order valence-electron chi connectivity index (χ2n) is 5.74. The fourth-order valence-electron chi connectivity index (χ4n) is 2.67. The van der Waals surface area contributed by atoms with E-state index in [1.165, 1.54) is 18.2 Å². The van der Waals surface area contributed by atoms with Crippen molar-refractivity contribution in [3.05, 3.63) is 101 Å². The minimum atomic E-state index is -2.03. The first-order valence-electron chi connectivity index (χ1n) is 7.94. The monoisotopic (exact) mass is 348 g/mol. The van der Waals surface area contributed by atoms with Crippen molar-refractivity contribution in [3.63, 3.8) is 0 Å². The smallest absolute Gasteiger partial charge is 0.353 e. The van der Waals surface area contributed by atoms with E-state index in [1.54, 1.807) is 66.6 Å². The van der Waals surface area contributed by atoms with E-state index in [4.69, 9.17) is 4.74 Å². The first-order chi connectivity index (χ1) is 12.6. The predicted molar refractivity (Wildman–Crippen MR) is 94.4 cm³/mol. The maximum Gasteiger partial charge on any atom is 0.353 e. The Bertz CT molecular complexity index is 866. The lowest BCUT2D eigenvalue weighted by atomic mass is 9.86. The zero-order valence-electron chi connectivity index (χ0n) is 13.7. The number of ether oxygens (including phenoxy) is 1. The fraction of sp³-hybridized carbons (Fsp3) is 0.0952. The molecule has 0 spiro atoms. The summed E-state index contributed by atoms with van der Waals surface area (Å²) >= 11 is 0. The molecule has 0 heterocycles. The molecule has 0 saturated carbocycles. The third-order valence-electron chi connectivity index (χ3n) is 4.07. The second-order valence-corrected chi connectivity index (χ2v) is 5.74. The second kappa shape index (κ2) is 7.33. The van der Waals surface area contributed by atoms with Crippen LogP contribution in [0, 0.1) is 0 Å². The van der Waals surface area contributed by atoms with Crippen LogP contribution in [0.15, 0.2) is 90.2 Å². The van der Waals surface area contributed by atoms with Gasteiger partial charge in [0.25, 0.3) is 0 Å². The third kappa shape index (κ3) is 3.27. The van der Waals surface area contributed by atoms with Crippen LogP contribution in [-0.4, -0.2) is 28.2 Å². The number of carbonyl (C=O) groups is 1. The minimum absolute atomic E-state index is 0.0314. The number of rotatable bonds is 4. The number of hydrogen-bond acceptors (Lipinski definition) is 5. The Kier molecular flexibility index (Phi) is 4.96. The van der Waals surface area contributed by atoms with E-state index in [1.807, 2.05) is 0 Å². The molecule has 5 nitrogen and oxygen atoms in total. The summed E-state index contributed by atoms with van der Waals surface area (Å²) in [5.74, 6) is 0.702. The standard InChI is InChI=1S/C21H16O5/c22-14-15-13-18(11-12-19(15)23)26-20(24)21(25,16-7-3-1-4-8-16)17-9-5-2-6-10-17/h1-13,19,23,25H. The SMILES string of the molecule is O=C=C1C=C(OC(=O)C(O)(c2ccccc2)c2ccccc2)C=CC1O. The van der Waals surface area contributed by atoms with Crippen LogP contribution in [0.2, 0.25) is 0 Å². The maximum absolute atomic E-state index is 12.9. The molecule has 2 aromatic carbocycles. The van der Waals surface area contributed by atoms with E-state index >= 15 is 0 Å². The molecule has 0 fully saturated rings. The summed E-state index contributed by atoms with van der Waals surface area (Å²) < 4.78 is 5.32. The van der Waals surface area contributed by atoms with Gasteiger partial charge in [-0.15, -0.1) is 0 Å². The largest absolute Gasteiger partial charge is 0.424 e. The van der Waals surface area contributed by atoms with Gasteiger partial charge in [-0.3, -0.25) is 0 Å². The number of benzene rings is 2. The van der Waals surface area contributed by atoms with Gasteiger partial charge < -0.3 is 14.9 Å². The van der Waals surface area contributed by atoms with E-state index in [-0.39, 0.29) is 11.3 Å². The molecule has 1 aliphatic carbocycles. The molecule has 130 valence electrons. The van der Waals surface area contributed by atoms with Gasteiger partial charge in [-0.1, -0.05) is 60.7 Å². The highest BCUT2D eigenvalue weighted by atomic mass is 16.6. The Morgan fingerprint density at radius 1 is 1.00 bits per heavy atom. The van der Waals surface area contributed by atoms with Crippen LogP contribution in [0.4, 0.5) is 0 Å². The van der Waals surface area contributed by atoms with Crippen molar-refractivity contribution in [1.29, 1.82) is 0 Å². The van der Waals surface area contributed by atoms with Crippen molar-refractivity contribution in [2.24, 2.45) is 0 Å². The summed E-state index contributed by atoms with van der Waals surface area (Å²) in [6.45, 7) is 0. The van der Waals surface area contributed by atoms with Crippen LogP contribution in [-0.2, 0) is 19.9 Å². The number of aliphatic hydroxyl groups excluding tert-OH is 1. The van der Waals surface area contributed by atoms with Crippen LogP contribution in [0.25, 0.3) is 0 Å². The van der Waals surface area contributed by atoms with Gasteiger partial charge in [0.15, 0.2) is 0 Å². The summed E-state index contributed by atoms with van der Waals surface area (Å²) in [7, 11) is 0. The maximum atomic E-state index is 12.9. The lowest BCUT2D eigenvalue weighted by molar-refractivity contribution is -0.157. The number of carbonyl (C=O) groups excluding carboxylic acids is 2. The molecular weight excluding hydrogens is 332 g/mol. The predicted octanol–water partition coefficient (Wildman–Crippen LogP) is 2.04. The van der Waals surface area contributed by atoms with Gasteiger partial charge in [-0.05, 0) is 29.4 Å². The summed E-state index contributed by atoms with van der Waals surface area (Å²) in [5, 5.41) is 20.9. The summed E-state index contributed by atoms with van der Waals surface area (Å²) in [6.07, 6.45) is 2.77. The normalized spacial score (nSPS) is 16.6. The van der Waals surface area contributed by atoms with Gasteiger partial charge in [0.1, 0.15) is 17.8 Å². The van der Waals surface area contributed by atoms with Gasteiger partial charge in [0.2, 0.25) is 5.60 Å². The number of esters is 1. The molecule has 0 aromatic heterocycles. The van der Waals surface area contributed by atoms with Crippen LogP contribution in [0.5, 0.6) is 0 Å².